The molecule has 0 aliphatic heterocycles. The average molecular weight is 271 g/mol. The fraction of sp³-hybridized carbons (Fsp3) is 0.444. The molecule has 0 radical (unpaired) electrons. The summed E-state index contributed by atoms with van der Waals surface area (Å²) in [5.41, 5.74) is 1.34. The maximum absolute atomic E-state index is 5.97. The Bertz CT molecular complexity index is 503. The molecule has 2 unspecified atom stereocenters. The lowest BCUT2D eigenvalue weighted by molar-refractivity contribution is 0.363. The minimum absolute atomic E-state index is 0.234. The zero-order chi connectivity index (χ0) is 14.4. The van der Waals surface area contributed by atoms with Crippen molar-refractivity contribution in [2.75, 3.05) is 6.54 Å². The molecule has 2 atom stereocenters. The van der Waals surface area contributed by atoms with Gasteiger partial charge in [0, 0.05) is 12.3 Å². The van der Waals surface area contributed by atoms with Crippen LogP contribution in [0.4, 0.5) is 0 Å². The maximum atomic E-state index is 5.97. The molecule has 0 amide bonds. The molecule has 0 saturated heterocycles. The van der Waals surface area contributed by atoms with Gasteiger partial charge in [0.2, 0.25) is 0 Å². The Kier molecular flexibility index (Phi) is 5.42. The normalized spacial score (nSPS) is 14.2. The van der Waals surface area contributed by atoms with E-state index >= 15 is 0 Å². The summed E-state index contributed by atoms with van der Waals surface area (Å²) in [5, 5.41) is 3.63. The van der Waals surface area contributed by atoms with Gasteiger partial charge in [0.05, 0.1) is 6.04 Å². The molecule has 1 heterocycles. The molecule has 0 aliphatic rings. The van der Waals surface area contributed by atoms with Crippen molar-refractivity contribution in [1.82, 2.24) is 5.32 Å². The van der Waals surface area contributed by atoms with Crippen LogP contribution in [0, 0.1) is 0 Å². The molecule has 0 bridgehead atoms. The summed E-state index contributed by atoms with van der Waals surface area (Å²) in [6.07, 6.45) is 2.07. The van der Waals surface area contributed by atoms with Gasteiger partial charge in [0.25, 0.3) is 0 Å². The van der Waals surface area contributed by atoms with E-state index in [-0.39, 0.29) is 6.04 Å². The quantitative estimate of drug-likeness (QED) is 0.790. The Morgan fingerprint density at radius 1 is 1.05 bits per heavy atom. The van der Waals surface area contributed by atoms with Gasteiger partial charge in [-0.3, -0.25) is 0 Å². The standard InChI is InChI=1S/C18H25NO/c1-4-13-19-18(17-12-11-16(5-2)20-17)14(3)15-9-7-6-8-10-15/h6-12,14,18-19H,4-5,13H2,1-3H3. The molecule has 0 spiro atoms. The van der Waals surface area contributed by atoms with E-state index in [0.29, 0.717) is 5.92 Å². The molecule has 0 saturated carbocycles. The van der Waals surface area contributed by atoms with Crippen LogP contribution in [0.2, 0.25) is 0 Å². The fourth-order valence-electron chi connectivity index (χ4n) is 2.52. The Hall–Kier alpha value is -1.54. The molecule has 20 heavy (non-hydrogen) atoms. The van der Waals surface area contributed by atoms with E-state index in [4.69, 9.17) is 4.42 Å². The highest BCUT2D eigenvalue weighted by Gasteiger charge is 2.23. The second-order valence-electron chi connectivity index (χ2n) is 5.29. The molecule has 2 heteroatoms. The summed E-state index contributed by atoms with van der Waals surface area (Å²) < 4.78 is 5.97. The number of rotatable bonds is 7. The average Bonchev–Trinajstić information content (AvgIpc) is 2.97. The number of furan rings is 1. The molecule has 0 aliphatic carbocycles. The molecule has 2 aromatic rings. The van der Waals surface area contributed by atoms with Gasteiger partial charge in [-0.25, -0.2) is 0 Å². The predicted molar refractivity (Wildman–Crippen MR) is 84.0 cm³/mol. The van der Waals surface area contributed by atoms with E-state index in [1.165, 1.54) is 5.56 Å². The van der Waals surface area contributed by atoms with E-state index in [0.717, 1.165) is 30.9 Å². The van der Waals surface area contributed by atoms with Crippen LogP contribution in [0.5, 0.6) is 0 Å². The van der Waals surface area contributed by atoms with Gasteiger partial charge < -0.3 is 9.73 Å². The zero-order valence-electron chi connectivity index (χ0n) is 12.7. The lowest BCUT2D eigenvalue weighted by atomic mass is 9.91. The molecule has 0 fully saturated rings. The topological polar surface area (TPSA) is 25.2 Å². The van der Waals surface area contributed by atoms with Crippen molar-refractivity contribution in [1.29, 1.82) is 0 Å². The van der Waals surface area contributed by atoms with Gasteiger partial charge in [0.15, 0.2) is 0 Å². The second-order valence-corrected chi connectivity index (χ2v) is 5.29. The smallest absolute Gasteiger partial charge is 0.121 e. The molecule has 1 aromatic carbocycles. The van der Waals surface area contributed by atoms with Gasteiger partial charge in [-0.05, 0) is 30.7 Å². The summed E-state index contributed by atoms with van der Waals surface area (Å²) >= 11 is 0. The highest BCUT2D eigenvalue weighted by molar-refractivity contribution is 5.24. The van der Waals surface area contributed by atoms with E-state index in [2.05, 4.69) is 68.6 Å². The lowest BCUT2D eigenvalue weighted by Crippen LogP contribution is -2.26. The van der Waals surface area contributed by atoms with E-state index < -0.39 is 0 Å². The molecule has 2 nitrogen and oxygen atoms in total. The summed E-state index contributed by atoms with van der Waals surface area (Å²) in [6.45, 7) is 7.58. The van der Waals surface area contributed by atoms with Gasteiger partial charge in [-0.1, -0.05) is 51.1 Å². The number of aryl methyl sites for hydroxylation is 1. The maximum Gasteiger partial charge on any atom is 0.121 e. The van der Waals surface area contributed by atoms with Crippen molar-refractivity contribution in [3.05, 3.63) is 59.5 Å². The molecule has 1 N–H and O–H groups in total. The Morgan fingerprint density at radius 2 is 1.80 bits per heavy atom. The van der Waals surface area contributed by atoms with Crippen molar-refractivity contribution in [3.8, 4) is 0 Å². The molecule has 1 aromatic heterocycles. The summed E-state index contributed by atoms with van der Waals surface area (Å²) in [4.78, 5) is 0. The Labute approximate surface area is 122 Å². The second kappa shape index (κ2) is 7.30. The fourth-order valence-corrected chi connectivity index (χ4v) is 2.52. The van der Waals surface area contributed by atoms with Crippen molar-refractivity contribution in [3.63, 3.8) is 0 Å². The van der Waals surface area contributed by atoms with Crippen LogP contribution >= 0.6 is 0 Å². The largest absolute Gasteiger partial charge is 0.464 e. The van der Waals surface area contributed by atoms with Crippen molar-refractivity contribution >= 4 is 0 Å². The first-order chi connectivity index (χ1) is 9.76. The minimum Gasteiger partial charge on any atom is -0.464 e. The van der Waals surface area contributed by atoms with E-state index in [9.17, 15) is 0 Å². The van der Waals surface area contributed by atoms with Crippen LogP contribution in [0.15, 0.2) is 46.9 Å². The monoisotopic (exact) mass is 271 g/mol. The third-order valence-corrected chi connectivity index (χ3v) is 3.78. The highest BCUT2D eigenvalue weighted by Crippen LogP contribution is 2.31. The molecule has 108 valence electrons. The first-order valence-corrected chi connectivity index (χ1v) is 7.63. The summed E-state index contributed by atoms with van der Waals surface area (Å²) in [6, 6.07) is 15.1. The van der Waals surface area contributed by atoms with Gasteiger partial charge >= 0.3 is 0 Å². The van der Waals surface area contributed by atoms with Crippen molar-refractivity contribution < 1.29 is 4.42 Å². The van der Waals surface area contributed by atoms with Crippen molar-refractivity contribution in [2.24, 2.45) is 0 Å². The lowest BCUT2D eigenvalue weighted by Gasteiger charge is -2.24. The van der Waals surface area contributed by atoms with Crippen molar-refractivity contribution in [2.45, 2.75) is 45.6 Å². The molecule has 2 rings (SSSR count). The predicted octanol–water partition coefficient (Wildman–Crippen LogP) is 4.69. The van der Waals surface area contributed by atoms with Crippen LogP contribution in [0.1, 0.15) is 56.2 Å². The Morgan fingerprint density at radius 3 is 2.40 bits per heavy atom. The number of hydrogen-bond donors (Lipinski definition) is 1. The number of nitrogens with one attached hydrogen (secondary N) is 1. The molecular formula is C18H25NO. The van der Waals surface area contributed by atoms with Gasteiger partial charge in [-0.15, -0.1) is 0 Å². The molecular weight excluding hydrogens is 246 g/mol. The first-order valence-electron chi connectivity index (χ1n) is 7.63. The zero-order valence-corrected chi connectivity index (χ0v) is 12.7. The first kappa shape index (κ1) is 14.9. The van der Waals surface area contributed by atoms with Crippen LogP contribution in [0.3, 0.4) is 0 Å². The minimum atomic E-state index is 0.234. The van der Waals surface area contributed by atoms with Crippen LogP contribution < -0.4 is 5.32 Å². The number of benzene rings is 1. The van der Waals surface area contributed by atoms with Crippen LogP contribution in [0.25, 0.3) is 0 Å². The van der Waals surface area contributed by atoms with Crippen LogP contribution in [-0.2, 0) is 6.42 Å². The van der Waals surface area contributed by atoms with E-state index in [1.54, 1.807) is 0 Å². The number of hydrogen-bond acceptors (Lipinski definition) is 2. The highest BCUT2D eigenvalue weighted by atomic mass is 16.3. The third kappa shape index (κ3) is 3.51. The van der Waals surface area contributed by atoms with Gasteiger partial charge in [-0.2, -0.15) is 0 Å². The third-order valence-electron chi connectivity index (χ3n) is 3.78. The SMILES string of the molecule is CCCNC(c1ccc(CC)o1)C(C)c1ccccc1. The summed E-state index contributed by atoms with van der Waals surface area (Å²) in [7, 11) is 0. The van der Waals surface area contributed by atoms with Crippen LogP contribution in [-0.4, -0.2) is 6.54 Å². The van der Waals surface area contributed by atoms with Gasteiger partial charge in [0.1, 0.15) is 11.5 Å². The Balaban J connectivity index is 2.22. The van der Waals surface area contributed by atoms with E-state index in [1.807, 2.05) is 0 Å². The summed E-state index contributed by atoms with van der Waals surface area (Å²) in [5.74, 6) is 2.49.